The molecule has 0 atom stereocenters. The van der Waals surface area contributed by atoms with Gasteiger partial charge < -0.3 is 9.84 Å². The van der Waals surface area contributed by atoms with Gasteiger partial charge in [-0.3, -0.25) is 0 Å². The minimum Gasteiger partial charge on any atom is -0.508 e. The van der Waals surface area contributed by atoms with Gasteiger partial charge in [-0.25, -0.2) is 4.79 Å². The number of phenolic OH excluding ortho intramolecular Hbond substituents is 1. The molecular weight excluding hydrogens is 216 g/mol. The van der Waals surface area contributed by atoms with E-state index in [1.807, 2.05) is 19.1 Å². The molecule has 0 bridgehead atoms. The zero-order chi connectivity index (χ0) is 12.3. The summed E-state index contributed by atoms with van der Waals surface area (Å²) >= 11 is 0. The molecule has 0 spiro atoms. The summed E-state index contributed by atoms with van der Waals surface area (Å²) < 4.78 is 5.15. The molecule has 0 fully saturated rings. The number of rotatable bonds is 2. The van der Waals surface area contributed by atoms with Crippen molar-refractivity contribution in [1.29, 1.82) is 0 Å². The Hall–Kier alpha value is -2.29. The molecular formula is C14H12O3. The molecule has 2 rings (SSSR count). The number of aryl methyl sites for hydroxylation is 1. The Morgan fingerprint density at radius 1 is 1.00 bits per heavy atom. The molecule has 0 heterocycles. The van der Waals surface area contributed by atoms with E-state index in [0.717, 1.165) is 5.56 Å². The minimum absolute atomic E-state index is 0.139. The summed E-state index contributed by atoms with van der Waals surface area (Å²) in [5.41, 5.74) is 1.59. The predicted octanol–water partition coefficient (Wildman–Crippen LogP) is 2.92. The Labute approximate surface area is 99.3 Å². The molecule has 0 radical (unpaired) electrons. The highest BCUT2D eigenvalue weighted by Crippen LogP contribution is 2.17. The van der Waals surface area contributed by atoms with E-state index in [1.165, 1.54) is 12.1 Å². The Morgan fingerprint density at radius 2 is 1.59 bits per heavy atom. The number of aromatic hydroxyl groups is 1. The van der Waals surface area contributed by atoms with E-state index < -0.39 is 5.97 Å². The summed E-state index contributed by atoms with van der Waals surface area (Å²) in [6.07, 6.45) is 0. The summed E-state index contributed by atoms with van der Waals surface area (Å²) in [5, 5.41) is 9.10. The summed E-state index contributed by atoms with van der Waals surface area (Å²) in [5.74, 6) is 0.143. The zero-order valence-corrected chi connectivity index (χ0v) is 9.38. The quantitative estimate of drug-likeness (QED) is 0.635. The van der Waals surface area contributed by atoms with Crippen molar-refractivity contribution in [2.75, 3.05) is 0 Å². The van der Waals surface area contributed by atoms with Crippen molar-refractivity contribution >= 4 is 5.97 Å². The van der Waals surface area contributed by atoms with Crippen LogP contribution in [0.5, 0.6) is 11.5 Å². The molecule has 3 nitrogen and oxygen atoms in total. The summed E-state index contributed by atoms with van der Waals surface area (Å²) in [7, 11) is 0. The smallest absolute Gasteiger partial charge is 0.343 e. The van der Waals surface area contributed by atoms with Gasteiger partial charge in [0.1, 0.15) is 11.5 Å². The van der Waals surface area contributed by atoms with Crippen LogP contribution < -0.4 is 4.74 Å². The van der Waals surface area contributed by atoms with Gasteiger partial charge in [0.15, 0.2) is 0 Å². The third kappa shape index (κ3) is 2.84. The number of phenols is 1. The molecule has 3 heteroatoms. The summed E-state index contributed by atoms with van der Waals surface area (Å²) in [6, 6.07) is 13.2. The first-order chi connectivity index (χ1) is 8.15. The average molecular weight is 228 g/mol. The van der Waals surface area contributed by atoms with E-state index in [1.54, 1.807) is 24.3 Å². The van der Waals surface area contributed by atoms with E-state index in [0.29, 0.717) is 11.3 Å². The minimum atomic E-state index is -0.407. The Morgan fingerprint density at radius 3 is 2.18 bits per heavy atom. The van der Waals surface area contributed by atoms with Gasteiger partial charge in [0, 0.05) is 0 Å². The van der Waals surface area contributed by atoms with Crippen molar-refractivity contribution in [1.82, 2.24) is 0 Å². The lowest BCUT2D eigenvalue weighted by Crippen LogP contribution is -2.08. The van der Waals surface area contributed by atoms with Crippen molar-refractivity contribution in [3.8, 4) is 11.5 Å². The van der Waals surface area contributed by atoms with Crippen LogP contribution in [0.2, 0.25) is 0 Å². The van der Waals surface area contributed by atoms with Crippen LogP contribution in [0.15, 0.2) is 48.5 Å². The van der Waals surface area contributed by atoms with Crippen LogP contribution >= 0.6 is 0 Å². The number of hydrogen-bond acceptors (Lipinski definition) is 3. The molecule has 86 valence electrons. The zero-order valence-electron chi connectivity index (χ0n) is 9.38. The van der Waals surface area contributed by atoms with Crippen LogP contribution in [0.1, 0.15) is 15.9 Å². The normalized spacial score (nSPS) is 9.94. The van der Waals surface area contributed by atoms with Crippen molar-refractivity contribution in [2.24, 2.45) is 0 Å². The first-order valence-corrected chi connectivity index (χ1v) is 5.23. The van der Waals surface area contributed by atoms with Crippen LogP contribution in [0.25, 0.3) is 0 Å². The first kappa shape index (κ1) is 11.2. The fourth-order valence-electron chi connectivity index (χ4n) is 1.37. The van der Waals surface area contributed by atoms with Gasteiger partial charge in [0.25, 0.3) is 0 Å². The Bertz CT molecular complexity index is 512. The Balaban J connectivity index is 2.11. The highest BCUT2D eigenvalue weighted by Gasteiger charge is 2.07. The number of hydrogen-bond donors (Lipinski definition) is 1. The molecule has 1 N–H and O–H groups in total. The van der Waals surface area contributed by atoms with Gasteiger partial charge in [0.05, 0.1) is 5.56 Å². The van der Waals surface area contributed by atoms with Gasteiger partial charge in [-0.15, -0.1) is 0 Å². The van der Waals surface area contributed by atoms with Crippen LogP contribution in [-0.2, 0) is 0 Å². The van der Waals surface area contributed by atoms with Crippen molar-refractivity contribution in [2.45, 2.75) is 6.92 Å². The summed E-state index contributed by atoms with van der Waals surface area (Å²) in [4.78, 5) is 11.7. The van der Waals surface area contributed by atoms with Gasteiger partial charge in [0.2, 0.25) is 0 Å². The predicted molar refractivity (Wildman–Crippen MR) is 64.2 cm³/mol. The number of ether oxygens (including phenoxy) is 1. The number of carbonyl (C=O) groups is 1. The molecule has 0 aliphatic heterocycles. The third-order valence-electron chi connectivity index (χ3n) is 2.33. The fraction of sp³-hybridized carbons (Fsp3) is 0.0714. The number of benzene rings is 2. The lowest BCUT2D eigenvalue weighted by atomic mass is 10.1. The lowest BCUT2D eigenvalue weighted by molar-refractivity contribution is 0.0734. The first-order valence-electron chi connectivity index (χ1n) is 5.23. The van der Waals surface area contributed by atoms with E-state index in [4.69, 9.17) is 9.84 Å². The second kappa shape index (κ2) is 4.70. The van der Waals surface area contributed by atoms with Crippen molar-refractivity contribution in [3.63, 3.8) is 0 Å². The molecule has 2 aromatic carbocycles. The van der Waals surface area contributed by atoms with Crippen LogP contribution in [0.4, 0.5) is 0 Å². The molecule has 2 aromatic rings. The van der Waals surface area contributed by atoms with Gasteiger partial charge in [-0.05, 0) is 43.3 Å². The van der Waals surface area contributed by atoms with Gasteiger partial charge in [-0.1, -0.05) is 17.7 Å². The molecule has 17 heavy (non-hydrogen) atoms. The molecule has 0 saturated heterocycles. The molecule has 0 aromatic heterocycles. The second-order valence-electron chi connectivity index (χ2n) is 3.75. The maximum absolute atomic E-state index is 11.7. The van der Waals surface area contributed by atoms with Crippen LogP contribution in [0.3, 0.4) is 0 Å². The SMILES string of the molecule is Cc1ccc(C(=O)Oc2ccc(O)cc2)cc1. The fourth-order valence-corrected chi connectivity index (χ4v) is 1.37. The van der Waals surface area contributed by atoms with Crippen LogP contribution in [0, 0.1) is 6.92 Å². The van der Waals surface area contributed by atoms with E-state index in [-0.39, 0.29) is 5.75 Å². The number of carbonyl (C=O) groups excluding carboxylic acids is 1. The maximum atomic E-state index is 11.7. The van der Waals surface area contributed by atoms with Crippen molar-refractivity contribution < 1.29 is 14.6 Å². The van der Waals surface area contributed by atoms with E-state index in [9.17, 15) is 4.79 Å². The maximum Gasteiger partial charge on any atom is 0.343 e. The molecule has 0 aliphatic carbocycles. The largest absolute Gasteiger partial charge is 0.508 e. The van der Waals surface area contributed by atoms with E-state index >= 15 is 0 Å². The highest BCUT2D eigenvalue weighted by atomic mass is 16.5. The highest BCUT2D eigenvalue weighted by molar-refractivity contribution is 5.91. The topological polar surface area (TPSA) is 46.5 Å². The average Bonchev–Trinajstić information content (AvgIpc) is 2.33. The second-order valence-corrected chi connectivity index (χ2v) is 3.75. The third-order valence-corrected chi connectivity index (χ3v) is 2.33. The standard InChI is InChI=1S/C14H12O3/c1-10-2-4-11(5-3-10)14(16)17-13-8-6-12(15)7-9-13/h2-9,15H,1H3. The van der Waals surface area contributed by atoms with Crippen molar-refractivity contribution in [3.05, 3.63) is 59.7 Å². The van der Waals surface area contributed by atoms with Crippen LogP contribution in [-0.4, -0.2) is 11.1 Å². The van der Waals surface area contributed by atoms with Gasteiger partial charge >= 0.3 is 5.97 Å². The molecule has 0 unspecified atom stereocenters. The lowest BCUT2D eigenvalue weighted by Gasteiger charge is -2.04. The Kier molecular flexibility index (Phi) is 3.10. The number of esters is 1. The molecule has 0 amide bonds. The molecule has 0 aliphatic rings. The summed E-state index contributed by atoms with van der Waals surface area (Å²) in [6.45, 7) is 1.95. The van der Waals surface area contributed by atoms with E-state index in [2.05, 4.69) is 0 Å². The van der Waals surface area contributed by atoms with Gasteiger partial charge in [-0.2, -0.15) is 0 Å². The molecule has 0 saturated carbocycles. The monoisotopic (exact) mass is 228 g/mol.